The Morgan fingerprint density at radius 2 is 1.94 bits per heavy atom. The van der Waals surface area contributed by atoms with Crippen LogP contribution in [0.5, 0.6) is 5.75 Å². The number of rotatable bonds is 7. The Hall–Kier alpha value is -3.21. The smallest absolute Gasteiger partial charge is 0.237 e. The average molecular weight is 451 g/mol. The molecule has 0 spiro atoms. The lowest BCUT2D eigenvalue weighted by Gasteiger charge is -2.32. The molecule has 1 aromatic carbocycles. The van der Waals surface area contributed by atoms with Crippen molar-refractivity contribution in [1.82, 2.24) is 25.8 Å². The molecule has 2 saturated heterocycles. The Kier molecular flexibility index (Phi) is 5.64. The third-order valence-corrected chi connectivity index (χ3v) is 6.37. The molecule has 0 unspecified atom stereocenters. The van der Waals surface area contributed by atoms with Crippen LogP contribution in [0, 0.1) is 5.92 Å². The number of ketones is 1. The molecule has 2 aliphatic rings. The highest BCUT2D eigenvalue weighted by atomic mass is 32.1. The topological polar surface area (TPSA) is 109 Å². The van der Waals surface area contributed by atoms with Crippen molar-refractivity contribution in [3.05, 3.63) is 59.3 Å². The van der Waals surface area contributed by atoms with Gasteiger partial charge in [0.1, 0.15) is 11.4 Å². The number of hydrogen-bond donors (Lipinski definition) is 2. The minimum atomic E-state index is -0.988. The summed E-state index contributed by atoms with van der Waals surface area (Å²) in [7, 11) is 0. The SMILES string of the molecule is O=C(C1CNC1)N(c1ccc(O[C@]2(C(=O)c3cscn3)CCNC2)cc1)c1ccnnc1. The Labute approximate surface area is 188 Å². The lowest BCUT2D eigenvalue weighted by molar-refractivity contribution is -0.123. The minimum Gasteiger partial charge on any atom is -0.478 e. The number of thiazole rings is 1. The molecule has 0 saturated carbocycles. The van der Waals surface area contributed by atoms with Gasteiger partial charge in [-0.3, -0.25) is 14.5 Å². The van der Waals surface area contributed by atoms with E-state index in [2.05, 4.69) is 25.8 Å². The molecule has 2 fully saturated rings. The molecular weight excluding hydrogens is 428 g/mol. The fourth-order valence-corrected chi connectivity index (χ4v) is 4.44. The summed E-state index contributed by atoms with van der Waals surface area (Å²) >= 11 is 1.39. The molecule has 0 radical (unpaired) electrons. The van der Waals surface area contributed by atoms with Crippen molar-refractivity contribution in [2.45, 2.75) is 12.0 Å². The van der Waals surface area contributed by atoms with Crippen molar-refractivity contribution < 1.29 is 14.3 Å². The first-order valence-electron chi connectivity index (χ1n) is 10.4. The van der Waals surface area contributed by atoms with Gasteiger partial charge >= 0.3 is 0 Å². The number of carbonyl (C=O) groups excluding carboxylic acids is 2. The molecule has 0 bridgehead atoms. The first-order valence-corrected chi connectivity index (χ1v) is 11.3. The van der Waals surface area contributed by atoms with E-state index >= 15 is 0 Å². The summed E-state index contributed by atoms with van der Waals surface area (Å²) in [5.74, 6) is 0.361. The minimum absolute atomic E-state index is 0.000548. The lowest BCUT2D eigenvalue weighted by Crippen LogP contribution is -2.51. The van der Waals surface area contributed by atoms with Crippen molar-refractivity contribution >= 4 is 34.4 Å². The van der Waals surface area contributed by atoms with Gasteiger partial charge in [-0.05, 0) is 36.9 Å². The Bertz CT molecular complexity index is 1080. The number of amides is 1. The van der Waals surface area contributed by atoms with Crippen LogP contribution in [0.1, 0.15) is 16.9 Å². The van der Waals surface area contributed by atoms with Crippen molar-refractivity contribution in [2.75, 3.05) is 31.1 Å². The number of Topliss-reactive ketones (excluding diaryl/α,β-unsaturated/α-hetero) is 1. The fourth-order valence-electron chi connectivity index (χ4n) is 3.91. The molecule has 32 heavy (non-hydrogen) atoms. The zero-order chi connectivity index (χ0) is 22.0. The number of hydrogen-bond acceptors (Lipinski definition) is 9. The highest BCUT2D eigenvalue weighted by molar-refractivity contribution is 7.07. The molecule has 10 heteroatoms. The van der Waals surface area contributed by atoms with Gasteiger partial charge in [0.15, 0.2) is 5.60 Å². The average Bonchev–Trinajstić information content (AvgIpc) is 3.47. The molecule has 2 aromatic heterocycles. The van der Waals surface area contributed by atoms with Crippen molar-refractivity contribution in [2.24, 2.45) is 5.92 Å². The van der Waals surface area contributed by atoms with Crippen LogP contribution in [0.3, 0.4) is 0 Å². The normalized spacial score (nSPS) is 20.5. The van der Waals surface area contributed by atoms with Crippen molar-refractivity contribution in [3.63, 3.8) is 0 Å². The van der Waals surface area contributed by atoms with Gasteiger partial charge in [0.05, 0.1) is 29.5 Å². The number of ether oxygens (including phenoxy) is 1. The monoisotopic (exact) mass is 450 g/mol. The van der Waals surface area contributed by atoms with E-state index in [9.17, 15) is 9.59 Å². The molecular formula is C22H22N6O3S. The fraction of sp³-hybridized carbons (Fsp3) is 0.318. The first-order chi connectivity index (χ1) is 15.7. The van der Waals surface area contributed by atoms with Gasteiger partial charge in [0.2, 0.25) is 11.7 Å². The van der Waals surface area contributed by atoms with E-state index in [-0.39, 0.29) is 17.6 Å². The maximum Gasteiger partial charge on any atom is 0.237 e. The van der Waals surface area contributed by atoms with Crippen LogP contribution >= 0.6 is 11.3 Å². The van der Waals surface area contributed by atoms with Gasteiger partial charge in [-0.2, -0.15) is 10.2 Å². The third-order valence-electron chi connectivity index (χ3n) is 5.78. The van der Waals surface area contributed by atoms with Crippen LogP contribution in [0.2, 0.25) is 0 Å². The highest BCUT2D eigenvalue weighted by Gasteiger charge is 2.45. The van der Waals surface area contributed by atoms with E-state index in [0.29, 0.717) is 55.4 Å². The molecule has 2 N–H and O–H groups in total. The molecule has 0 aliphatic carbocycles. The number of anilines is 2. The molecule has 3 aromatic rings. The van der Waals surface area contributed by atoms with Crippen LogP contribution < -0.4 is 20.3 Å². The van der Waals surface area contributed by atoms with Gasteiger partial charge in [-0.25, -0.2) is 4.98 Å². The van der Waals surface area contributed by atoms with E-state index < -0.39 is 5.60 Å². The number of nitrogens with zero attached hydrogens (tertiary/aromatic N) is 4. The quantitative estimate of drug-likeness (QED) is 0.525. The molecule has 9 nitrogen and oxygen atoms in total. The molecule has 164 valence electrons. The van der Waals surface area contributed by atoms with E-state index in [1.165, 1.54) is 11.3 Å². The lowest BCUT2D eigenvalue weighted by atomic mass is 9.95. The molecule has 1 atom stereocenters. The molecule has 4 heterocycles. The van der Waals surface area contributed by atoms with Gasteiger partial charge in [-0.1, -0.05) is 0 Å². The van der Waals surface area contributed by atoms with E-state index in [1.54, 1.807) is 46.4 Å². The first kappa shape index (κ1) is 20.7. The summed E-state index contributed by atoms with van der Waals surface area (Å²) in [4.78, 5) is 32.0. The van der Waals surface area contributed by atoms with Gasteiger partial charge in [0.25, 0.3) is 0 Å². The third kappa shape index (κ3) is 3.88. The highest BCUT2D eigenvalue weighted by Crippen LogP contribution is 2.32. The van der Waals surface area contributed by atoms with Gasteiger partial charge in [0, 0.05) is 37.1 Å². The summed E-state index contributed by atoms with van der Waals surface area (Å²) in [5, 5.41) is 15.8. The molecule has 1 amide bonds. The summed E-state index contributed by atoms with van der Waals surface area (Å²) in [5.41, 5.74) is 2.44. The standard InChI is InChI=1S/C22H22N6O3S/c29-20(19-12-32-14-25-19)22(6-8-23-13-22)31-18-3-1-16(2-4-18)28(17-5-7-26-27-11-17)21(30)15-9-24-10-15/h1-5,7,11-12,14-15,23-24H,6,8-10,13H2/t22-/m1/s1. The van der Waals surface area contributed by atoms with Crippen LogP contribution in [0.25, 0.3) is 0 Å². The second kappa shape index (κ2) is 8.73. The van der Waals surface area contributed by atoms with Crippen LogP contribution in [0.4, 0.5) is 11.4 Å². The maximum absolute atomic E-state index is 13.1. The van der Waals surface area contributed by atoms with Crippen molar-refractivity contribution in [1.29, 1.82) is 0 Å². The largest absolute Gasteiger partial charge is 0.478 e. The summed E-state index contributed by atoms with van der Waals surface area (Å²) in [6.07, 6.45) is 3.69. The number of aromatic nitrogens is 3. The predicted molar refractivity (Wildman–Crippen MR) is 119 cm³/mol. The molecule has 5 rings (SSSR count). The summed E-state index contributed by atoms with van der Waals surface area (Å²) in [6.45, 7) is 2.43. The second-order valence-electron chi connectivity index (χ2n) is 7.85. The van der Waals surface area contributed by atoms with E-state index in [0.717, 1.165) is 0 Å². The Morgan fingerprint density at radius 3 is 2.53 bits per heavy atom. The predicted octanol–water partition coefficient (Wildman–Crippen LogP) is 1.81. The van der Waals surface area contributed by atoms with Crippen LogP contribution in [-0.2, 0) is 4.79 Å². The van der Waals surface area contributed by atoms with E-state index in [1.807, 2.05) is 12.1 Å². The van der Waals surface area contributed by atoms with Crippen molar-refractivity contribution in [3.8, 4) is 5.75 Å². The van der Waals surface area contributed by atoms with Crippen LogP contribution in [0.15, 0.2) is 53.6 Å². The van der Waals surface area contributed by atoms with Gasteiger partial charge in [-0.15, -0.1) is 11.3 Å². The van der Waals surface area contributed by atoms with E-state index in [4.69, 9.17) is 4.74 Å². The van der Waals surface area contributed by atoms with Crippen LogP contribution in [-0.4, -0.2) is 58.7 Å². The number of benzene rings is 1. The zero-order valence-corrected chi connectivity index (χ0v) is 18.0. The Morgan fingerprint density at radius 1 is 1.09 bits per heavy atom. The van der Waals surface area contributed by atoms with Gasteiger partial charge < -0.3 is 15.4 Å². The maximum atomic E-state index is 13.1. The summed E-state index contributed by atoms with van der Waals surface area (Å²) < 4.78 is 6.25. The molecule has 2 aliphatic heterocycles. The number of nitrogens with one attached hydrogen (secondary N) is 2. The number of carbonyl (C=O) groups is 2. The summed E-state index contributed by atoms with van der Waals surface area (Å²) in [6, 6.07) is 8.98. The second-order valence-corrected chi connectivity index (χ2v) is 8.57. The zero-order valence-electron chi connectivity index (χ0n) is 17.2. The Balaban J connectivity index is 1.41.